The summed E-state index contributed by atoms with van der Waals surface area (Å²) < 4.78 is 0. The molecule has 1 N–H and O–H groups in total. The largest absolute Gasteiger partial charge is 0.481 e. The monoisotopic (exact) mass is 219 g/mol. The van der Waals surface area contributed by atoms with E-state index in [1.807, 2.05) is 44.1 Å². The van der Waals surface area contributed by atoms with Gasteiger partial charge in [-0.1, -0.05) is 12.1 Å². The molecule has 1 saturated carbocycles. The fraction of sp³-hybridized carbons (Fsp3) is 0.462. The molecule has 3 nitrogen and oxygen atoms in total. The van der Waals surface area contributed by atoms with Crippen molar-refractivity contribution in [3.8, 4) is 0 Å². The standard InChI is InChI=1S/C13H17NO2/c1-9-5-4-6-10(14(2)3)11(9)13(7-8-13)12(15)16/h4-6H,7-8H2,1-3H3,(H,15,16). The molecule has 0 amide bonds. The Hall–Kier alpha value is -1.51. The number of rotatable bonds is 3. The van der Waals surface area contributed by atoms with E-state index < -0.39 is 11.4 Å². The summed E-state index contributed by atoms with van der Waals surface area (Å²) in [6.45, 7) is 1.99. The molecule has 0 aliphatic heterocycles. The summed E-state index contributed by atoms with van der Waals surface area (Å²) in [4.78, 5) is 13.4. The fourth-order valence-corrected chi connectivity index (χ4v) is 2.34. The quantitative estimate of drug-likeness (QED) is 0.847. The van der Waals surface area contributed by atoms with Crippen LogP contribution in [0.15, 0.2) is 18.2 Å². The van der Waals surface area contributed by atoms with Crippen LogP contribution in [-0.4, -0.2) is 25.2 Å². The zero-order chi connectivity index (χ0) is 11.9. The van der Waals surface area contributed by atoms with Gasteiger partial charge in [0.05, 0.1) is 5.41 Å². The van der Waals surface area contributed by atoms with Crippen LogP contribution in [-0.2, 0) is 10.2 Å². The molecule has 0 spiro atoms. The number of aliphatic carboxylic acids is 1. The summed E-state index contributed by atoms with van der Waals surface area (Å²) >= 11 is 0. The van der Waals surface area contributed by atoms with Gasteiger partial charge in [0, 0.05) is 19.8 Å². The predicted molar refractivity (Wildman–Crippen MR) is 64.1 cm³/mol. The lowest BCUT2D eigenvalue weighted by atomic mass is 9.90. The van der Waals surface area contributed by atoms with Crippen molar-refractivity contribution in [1.29, 1.82) is 0 Å². The number of carboxylic acids is 1. The molecule has 1 aromatic rings. The van der Waals surface area contributed by atoms with Crippen LogP contribution in [0.5, 0.6) is 0 Å². The van der Waals surface area contributed by atoms with E-state index in [-0.39, 0.29) is 0 Å². The number of benzene rings is 1. The molecule has 0 radical (unpaired) electrons. The lowest BCUT2D eigenvalue weighted by Crippen LogP contribution is -2.24. The van der Waals surface area contributed by atoms with Crippen molar-refractivity contribution >= 4 is 11.7 Å². The Bertz CT molecular complexity index is 434. The van der Waals surface area contributed by atoms with E-state index in [9.17, 15) is 9.90 Å². The normalized spacial score (nSPS) is 16.9. The van der Waals surface area contributed by atoms with Crippen LogP contribution in [0.4, 0.5) is 5.69 Å². The molecule has 1 aliphatic rings. The molecule has 0 unspecified atom stereocenters. The Balaban J connectivity index is 2.59. The summed E-state index contributed by atoms with van der Waals surface area (Å²) in [5.41, 5.74) is 2.48. The molecule has 0 saturated heterocycles. The molecule has 0 atom stereocenters. The number of hydrogen-bond acceptors (Lipinski definition) is 2. The summed E-state index contributed by atoms with van der Waals surface area (Å²) in [6, 6.07) is 5.96. The average Bonchev–Trinajstić information content (AvgIpc) is 2.98. The lowest BCUT2D eigenvalue weighted by molar-refractivity contribution is -0.140. The molecular formula is C13H17NO2. The smallest absolute Gasteiger partial charge is 0.314 e. The SMILES string of the molecule is Cc1cccc(N(C)C)c1C1(C(=O)O)CC1. The third-order valence-corrected chi connectivity index (χ3v) is 3.37. The van der Waals surface area contributed by atoms with Crippen molar-refractivity contribution in [2.24, 2.45) is 0 Å². The molecule has 0 heterocycles. The van der Waals surface area contributed by atoms with Gasteiger partial charge < -0.3 is 10.0 Å². The van der Waals surface area contributed by atoms with Crippen molar-refractivity contribution < 1.29 is 9.90 Å². The van der Waals surface area contributed by atoms with Crippen molar-refractivity contribution in [2.45, 2.75) is 25.2 Å². The second-order valence-electron chi connectivity index (χ2n) is 4.75. The number of anilines is 1. The van der Waals surface area contributed by atoms with Crippen LogP contribution < -0.4 is 4.90 Å². The maximum atomic E-state index is 11.4. The number of aryl methyl sites for hydroxylation is 1. The van der Waals surface area contributed by atoms with Gasteiger partial charge >= 0.3 is 5.97 Å². The van der Waals surface area contributed by atoms with Crippen LogP contribution in [0.2, 0.25) is 0 Å². The summed E-state index contributed by atoms with van der Waals surface area (Å²) in [5.74, 6) is -0.690. The van der Waals surface area contributed by atoms with Gasteiger partial charge in [-0.25, -0.2) is 0 Å². The van der Waals surface area contributed by atoms with Gasteiger partial charge in [0.1, 0.15) is 0 Å². The molecule has 0 bridgehead atoms. The zero-order valence-electron chi connectivity index (χ0n) is 9.95. The summed E-state index contributed by atoms with van der Waals surface area (Å²) in [6.07, 6.45) is 1.52. The topological polar surface area (TPSA) is 40.5 Å². The molecule has 2 rings (SSSR count). The van der Waals surface area contributed by atoms with E-state index in [0.717, 1.165) is 29.7 Å². The molecule has 0 aromatic heterocycles. The highest BCUT2D eigenvalue weighted by atomic mass is 16.4. The molecule has 1 aliphatic carbocycles. The maximum Gasteiger partial charge on any atom is 0.314 e. The first-order valence-electron chi connectivity index (χ1n) is 5.50. The van der Waals surface area contributed by atoms with Crippen molar-refractivity contribution in [2.75, 3.05) is 19.0 Å². The van der Waals surface area contributed by atoms with Gasteiger partial charge in [-0.3, -0.25) is 4.79 Å². The van der Waals surface area contributed by atoms with Gasteiger partial charge in [0.15, 0.2) is 0 Å². The summed E-state index contributed by atoms with van der Waals surface area (Å²) in [7, 11) is 3.91. The molecule has 1 aromatic carbocycles. The first-order chi connectivity index (χ1) is 7.49. The Morgan fingerprint density at radius 1 is 1.38 bits per heavy atom. The van der Waals surface area contributed by atoms with Crippen LogP contribution in [0.1, 0.15) is 24.0 Å². The minimum atomic E-state index is -0.690. The molecule has 3 heteroatoms. The van der Waals surface area contributed by atoms with E-state index in [4.69, 9.17) is 0 Å². The lowest BCUT2D eigenvalue weighted by Gasteiger charge is -2.23. The zero-order valence-corrected chi connectivity index (χ0v) is 9.95. The van der Waals surface area contributed by atoms with Gasteiger partial charge in [-0.15, -0.1) is 0 Å². The first kappa shape index (κ1) is 11.0. The van der Waals surface area contributed by atoms with Crippen molar-refractivity contribution in [3.63, 3.8) is 0 Å². The third kappa shape index (κ3) is 1.47. The average molecular weight is 219 g/mol. The van der Waals surface area contributed by atoms with Crippen LogP contribution >= 0.6 is 0 Å². The Morgan fingerprint density at radius 2 is 2.00 bits per heavy atom. The first-order valence-corrected chi connectivity index (χ1v) is 5.50. The van der Waals surface area contributed by atoms with Crippen molar-refractivity contribution in [1.82, 2.24) is 0 Å². The highest BCUT2D eigenvalue weighted by molar-refractivity contribution is 5.88. The van der Waals surface area contributed by atoms with E-state index in [2.05, 4.69) is 0 Å². The number of nitrogens with zero attached hydrogens (tertiary/aromatic N) is 1. The van der Waals surface area contributed by atoms with Crippen LogP contribution in [0.3, 0.4) is 0 Å². The Kier molecular flexibility index (Phi) is 2.41. The number of carboxylic acid groups (broad SMARTS) is 1. The fourth-order valence-electron chi connectivity index (χ4n) is 2.34. The molecule has 1 fully saturated rings. The Labute approximate surface area is 95.7 Å². The van der Waals surface area contributed by atoms with Gasteiger partial charge in [-0.2, -0.15) is 0 Å². The minimum absolute atomic E-state index is 0.620. The molecular weight excluding hydrogens is 202 g/mol. The third-order valence-electron chi connectivity index (χ3n) is 3.37. The van der Waals surface area contributed by atoms with Gasteiger partial charge in [0.25, 0.3) is 0 Å². The van der Waals surface area contributed by atoms with Crippen molar-refractivity contribution in [3.05, 3.63) is 29.3 Å². The maximum absolute atomic E-state index is 11.4. The number of carbonyl (C=O) groups is 1. The minimum Gasteiger partial charge on any atom is -0.481 e. The second-order valence-corrected chi connectivity index (χ2v) is 4.75. The second kappa shape index (κ2) is 3.51. The number of hydrogen-bond donors (Lipinski definition) is 1. The van der Waals surface area contributed by atoms with E-state index >= 15 is 0 Å². The molecule has 86 valence electrons. The van der Waals surface area contributed by atoms with E-state index in [0.29, 0.717) is 0 Å². The molecule has 16 heavy (non-hydrogen) atoms. The highest BCUT2D eigenvalue weighted by Crippen LogP contribution is 2.52. The summed E-state index contributed by atoms with van der Waals surface area (Å²) in [5, 5.41) is 9.37. The van der Waals surface area contributed by atoms with Gasteiger partial charge in [-0.05, 0) is 37.0 Å². The van der Waals surface area contributed by atoms with E-state index in [1.165, 1.54) is 0 Å². The van der Waals surface area contributed by atoms with Gasteiger partial charge in [0.2, 0.25) is 0 Å². The highest BCUT2D eigenvalue weighted by Gasteiger charge is 2.53. The van der Waals surface area contributed by atoms with E-state index in [1.54, 1.807) is 0 Å². The predicted octanol–water partition coefficient (Wildman–Crippen LogP) is 2.18. The van der Waals surface area contributed by atoms with Crippen LogP contribution in [0.25, 0.3) is 0 Å². The van der Waals surface area contributed by atoms with Crippen LogP contribution in [0, 0.1) is 6.92 Å². The Morgan fingerprint density at radius 3 is 2.44 bits per heavy atom.